The number of methoxy groups -OCH3 is 1. The predicted molar refractivity (Wildman–Crippen MR) is 68.8 cm³/mol. The van der Waals surface area contributed by atoms with Crippen molar-refractivity contribution in [3.8, 4) is 5.75 Å². The number of rotatable bonds is 5. The van der Waals surface area contributed by atoms with Gasteiger partial charge in [-0.15, -0.1) is 0 Å². The first-order valence-corrected chi connectivity index (χ1v) is 5.84. The van der Waals surface area contributed by atoms with E-state index in [1.54, 1.807) is 7.11 Å². The molecule has 0 aliphatic heterocycles. The van der Waals surface area contributed by atoms with Crippen molar-refractivity contribution < 1.29 is 4.74 Å². The second kappa shape index (κ2) is 6.93. The van der Waals surface area contributed by atoms with Gasteiger partial charge in [0.25, 0.3) is 0 Å². The summed E-state index contributed by atoms with van der Waals surface area (Å²) in [5.41, 5.74) is 10.4. The average Bonchev–Trinajstić information content (AvgIpc) is 2.35. The molecule has 4 nitrogen and oxygen atoms in total. The quantitative estimate of drug-likeness (QED) is 0.351. The van der Waals surface area contributed by atoms with Crippen molar-refractivity contribution in [3.05, 3.63) is 46.3 Å². The van der Waals surface area contributed by atoms with Crippen molar-refractivity contribution >= 4 is 21.5 Å². The van der Waals surface area contributed by atoms with E-state index in [1.165, 1.54) is 0 Å². The van der Waals surface area contributed by atoms with Crippen LogP contribution >= 0.6 is 15.9 Å². The smallest absolute Gasteiger partial charge is 0.118 e. The van der Waals surface area contributed by atoms with Crippen LogP contribution in [0.4, 0.5) is 0 Å². The largest absolute Gasteiger partial charge is 0.497 e. The standard InChI is InChI=1S/C11H12BrN3O/c1-16-11-4-2-9(3-5-11)10(8-12)6-7-14-15-13/h2-6H,7-8H2,1H3/b10-6+. The van der Waals surface area contributed by atoms with Gasteiger partial charge in [0.1, 0.15) is 5.75 Å². The summed E-state index contributed by atoms with van der Waals surface area (Å²) in [6, 6.07) is 7.75. The fourth-order valence-electron chi connectivity index (χ4n) is 1.24. The van der Waals surface area contributed by atoms with Crippen LogP contribution in [0.15, 0.2) is 35.5 Å². The molecule has 0 amide bonds. The molecule has 16 heavy (non-hydrogen) atoms. The first-order valence-electron chi connectivity index (χ1n) is 4.72. The zero-order chi connectivity index (χ0) is 11.8. The van der Waals surface area contributed by atoms with E-state index in [2.05, 4.69) is 26.0 Å². The minimum Gasteiger partial charge on any atom is -0.497 e. The van der Waals surface area contributed by atoms with Crippen LogP contribution in [-0.2, 0) is 0 Å². The molecule has 0 unspecified atom stereocenters. The highest BCUT2D eigenvalue weighted by molar-refractivity contribution is 9.09. The van der Waals surface area contributed by atoms with Crippen molar-refractivity contribution in [2.45, 2.75) is 0 Å². The van der Waals surface area contributed by atoms with E-state index in [9.17, 15) is 0 Å². The molecule has 1 aromatic rings. The average molecular weight is 282 g/mol. The Bertz CT molecular complexity index is 408. The van der Waals surface area contributed by atoms with Crippen molar-refractivity contribution in [2.24, 2.45) is 5.11 Å². The molecular formula is C11H12BrN3O. The lowest BCUT2D eigenvalue weighted by Crippen LogP contribution is -1.88. The van der Waals surface area contributed by atoms with E-state index in [4.69, 9.17) is 10.3 Å². The number of alkyl halides is 1. The molecule has 5 heteroatoms. The summed E-state index contributed by atoms with van der Waals surface area (Å²) in [6.07, 6.45) is 1.90. The molecule has 0 spiro atoms. The van der Waals surface area contributed by atoms with E-state index < -0.39 is 0 Å². The summed E-state index contributed by atoms with van der Waals surface area (Å²) in [5, 5.41) is 4.20. The predicted octanol–water partition coefficient (Wildman–Crippen LogP) is 3.78. The molecule has 0 atom stereocenters. The summed E-state index contributed by atoms with van der Waals surface area (Å²) in [7, 11) is 1.64. The molecule has 0 bridgehead atoms. The number of hydrogen-bond donors (Lipinski definition) is 0. The Labute approximate surface area is 103 Å². The van der Waals surface area contributed by atoms with Crippen molar-refractivity contribution in [3.63, 3.8) is 0 Å². The summed E-state index contributed by atoms with van der Waals surface area (Å²) < 4.78 is 5.08. The molecule has 1 rings (SSSR count). The minimum atomic E-state index is 0.365. The Morgan fingerprint density at radius 1 is 1.50 bits per heavy atom. The molecule has 0 fully saturated rings. The molecular weight excluding hydrogens is 270 g/mol. The Hall–Kier alpha value is -1.45. The number of allylic oxidation sites excluding steroid dienone is 1. The SMILES string of the molecule is COc1ccc(/C(=C/CN=[N+]=[N-])CBr)cc1. The Balaban J connectivity index is 2.86. The lowest BCUT2D eigenvalue weighted by molar-refractivity contribution is 0.415. The molecule has 0 aliphatic rings. The third-order valence-electron chi connectivity index (χ3n) is 2.09. The van der Waals surface area contributed by atoms with E-state index in [0.29, 0.717) is 6.54 Å². The molecule has 0 aliphatic carbocycles. The maximum Gasteiger partial charge on any atom is 0.118 e. The number of hydrogen-bond acceptors (Lipinski definition) is 2. The molecule has 0 aromatic heterocycles. The third kappa shape index (κ3) is 3.61. The van der Waals surface area contributed by atoms with Gasteiger partial charge >= 0.3 is 0 Å². The van der Waals surface area contributed by atoms with Gasteiger partial charge in [-0.1, -0.05) is 39.3 Å². The van der Waals surface area contributed by atoms with Gasteiger partial charge in [-0.3, -0.25) is 0 Å². The molecule has 0 saturated heterocycles. The van der Waals surface area contributed by atoms with E-state index in [1.807, 2.05) is 30.3 Å². The normalized spacial score (nSPS) is 10.8. The van der Waals surface area contributed by atoms with Crippen LogP contribution in [0.1, 0.15) is 5.56 Å². The molecule has 0 radical (unpaired) electrons. The number of nitrogens with zero attached hydrogens (tertiary/aromatic N) is 3. The van der Waals surface area contributed by atoms with Crippen molar-refractivity contribution in [1.29, 1.82) is 0 Å². The summed E-state index contributed by atoms with van der Waals surface area (Å²) >= 11 is 3.41. The first kappa shape index (κ1) is 12.6. The second-order valence-corrected chi connectivity index (χ2v) is 3.57. The van der Waals surface area contributed by atoms with Gasteiger partial charge in [0.15, 0.2) is 0 Å². The molecule has 0 heterocycles. The van der Waals surface area contributed by atoms with Crippen molar-refractivity contribution in [2.75, 3.05) is 19.0 Å². The number of azide groups is 1. The Morgan fingerprint density at radius 2 is 2.19 bits per heavy atom. The molecule has 0 N–H and O–H groups in total. The van der Waals surface area contributed by atoms with Gasteiger partial charge < -0.3 is 4.74 Å². The van der Waals surface area contributed by atoms with E-state index >= 15 is 0 Å². The highest BCUT2D eigenvalue weighted by Crippen LogP contribution is 2.20. The van der Waals surface area contributed by atoms with Crippen molar-refractivity contribution in [1.82, 2.24) is 0 Å². The summed E-state index contributed by atoms with van der Waals surface area (Å²) in [6.45, 7) is 0.365. The monoisotopic (exact) mass is 281 g/mol. The first-order chi connectivity index (χ1) is 7.81. The fourth-order valence-corrected chi connectivity index (χ4v) is 1.79. The van der Waals surface area contributed by atoms with Crippen LogP contribution in [0.5, 0.6) is 5.75 Å². The second-order valence-electron chi connectivity index (χ2n) is 3.00. The lowest BCUT2D eigenvalue weighted by atomic mass is 10.1. The zero-order valence-corrected chi connectivity index (χ0v) is 10.5. The third-order valence-corrected chi connectivity index (χ3v) is 2.69. The van der Waals surface area contributed by atoms with Crippen LogP contribution in [0.25, 0.3) is 16.0 Å². The molecule has 0 saturated carbocycles. The van der Waals surface area contributed by atoms with Crippen LogP contribution in [0.2, 0.25) is 0 Å². The van der Waals surface area contributed by atoms with Gasteiger partial charge in [-0.25, -0.2) is 0 Å². The highest BCUT2D eigenvalue weighted by Gasteiger charge is 1.99. The maximum atomic E-state index is 8.19. The van der Waals surface area contributed by atoms with Gasteiger partial charge in [0.05, 0.1) is 7.11 Å². The lowest BCUT2D eigenvalue weighted by Gasteiger charge is -2.05. The number of ether oxygens (including phenoxy) is 1. The van der Waals surface area contributed by atoms with Crippen LogP contribution in [-0.4, -0.2) is 19.0 Å². The van der Waals surface area contributed by atoms with Crippen LogP contribution in [0.3, 0.4) is 0 Å². The van der Waals surface area contributed by atoms with E-state index in [0.717, 1.165) is 22.2 Å². The molecule has 84 valence electrons. The number of benzene rings is 1. The highest BCUT2D eigenvalue weighted by atomic mass is 79.9. The maximum absolute atomic E-state index is 8.19. The minimum absolute atomic E-state index is 0.365. The van der Waals surface area contributed by atoms with Gasteiger partial charge in [0, 0.05) is 16.8 Å². The van der Waals surface area contributed by atoms with Crippen LogP contribution < -0.4 is 4.74 Å². The Morgan fingerprint density at radius 3 is 2.69 bits per heavy atom. The van der Waals surface area contributed by atoms with Gasteiger partial charge in [-0.2, -0.15) is 0 Å². The van der Waals surface area contributed by atoms with E-state index in [-0.39, 0.29) is 0 Å². The Kier molecular flexibility index (Phi) is 5.46. The summed E-state index contributed by atoms with van der Waals surface area (Å²) in [4.78, 5) is 2.71. The van der Waals surface area contributed by atoms with Gasteiger partial charge in [-0.05, 0) is 28.8 Å². The van der Waals surface area contributed by atoms with Gasteiger partial charge in [0.2, 0.25) is 0 Å². The fraction of sp³-hybridized carbons (Fsp3) is 0.273. The zero-order valence-electron chi connectivity index (χ0n) is 8.93. The molecule has 1 aromatic carbocycles. The summed E-state index contributed by atoms with van der Waals surface area (Å²) in [5.74, 6) is 0.827. The van der Waals surface area contributed by atoms with Crippen LogP contribution in [0, 0.1) is 0 Å². The number of halogens is 1. The topological polar surface area (TPSA) is 58.0 Å².